The van der Waals surface area contributed by atoms with Crippen molar-refractivity contribution in [2.45, 2.75) is 19.4 Å². The minimum Gasteiger partial charge on any atom is -0.371 e. The van der Waals surface area contributed by atoms with E-state index in [1.165, 1.54) is 18.2 Å². The van der Waals surface area contributed by atoms with E-state index in [4.69, 9.17) is 4.74 Å². The molecule has 1 aliphatic heterocycles. The zero-order chi connectivity index (χ0) is 22.7. The van der Waals surface area contributed by atoms with Crippen LogP contribution in [0.1, 0.15) is 23.8 Å². The molecule has 0 bridgehead atoms. The number of ether oxygens (including phenoxy) is 1. The lowest BCUT2D eigenvalue weighted by atomic mass is 9.97. The van der Waals surface area contributed by atoms with Crippen LogP contribution in [0.3, 0.4) is 0 Å². The van der Waals surface area contributed by atoms with E-state index < -0.39 is 23.7 Å². The summed E-state index contributed by atoms with van der Waals surface area (Å²) in [5.41, 5.74) is 3.09. The van der Waals surface area contributed by atoms with Crippen molar-refractivity contribution in [2.75, 3.05) is 17.2 Å². The first-order valence-electron chi connectivity index (χ1n) is 10.2. The van der Waals surface area contributed by atoms with Gasteiger partial charge in [0, 0.05) is 18.5 Å². The maximum Gasteiger partial charge on any atom is 0.247 e. The van der Waals surface area contributed by atoms with Crippen LogP contribution in [-0.2, 0) is 14.3 Å². The van der Waals surface area contributed by atoms with Crippen molar-refractivity contribution >= 4 is 23.2 Å². The SMILES string of the molecule is C=CC(=O)Nc1cc(NC(=O)[C@@H]2CCO[C@H]2c2ccnn2-c2ccccc2C)ccc1F. The molecule has 2 aromatic carbocycles. The molecule has 0 aliphatic carbocycles. The number of carbonyl (C=O) groups excluding carboxylic acids is 2. The third-order valence-electron chi connectivity index (χ3n) is 5.41. The average Bonchev–Trinajstić information content (AvgIpc) is 3.45. The predicted octanol–water partition coefficient (Wildman–Crippen LogP) is 4.16. The quantitative estimate of drug-likeness (QED) is 0.571. The first-order chi connectivity index (χ1) is 15.5. The molecule has 3 aromatic rings. The number of rotatable bonds is 6. The number of hydrogen-bond donors (Lipinski definition) is 2. The molecule has 7 nitrogen and oxygen atoms in total. The molecule has 8 heteroatoms. The van der Waals surface area contributed by atoms with Crippen LogP contribution in [0.5, 0.6) is 0 Å². The summed E-state index contributed by atoms with van der Waals surface area (Å²) in [5.74, 6) is -1.85. The lowest BCUT2D eigenvalue weighted by Gasteiger charge is -2.20. The number of carbonyl (C=O) groups is 2. The molecule has 1 aliphatic rings. The molecule has 1 saturated heterocycles. The molecular weight excluding hydrogens is 411 g/mol. The van der Waals surface area contributed by atoms with Crippen molar-refractivity contribution in [2.24, 2.45) is 5.92 Å². The third kappa shape index (κ3) is 4.31. The molecular formula is C24H23FN4O3. The summed E-state index contributed by atoms with van der Waals surface area (Å²) >= 11 is 0. The molecule has 0 saturated carbocycles. The summed E-state index contributed by atoms with van der Waals surface area (Å²) in [5, 5.41) is 9.64. The molecule has 2 amide bonds. The summed E-state index contributed by atoms with van der Waals surface area (Å²) < 4.78 is 21.7. The minimum atomic E-state index is -0.609. The number of benzene rings is 2. The second kappa shape index (κ2) is 9.15. The van der Waals surface area contributed by atoms with Gasteiger partial charge >= 0.3 is 0 Å². The van der Waals surface area contributed by atoms with Crippen LogP contribution >= 0.6 is 0 Å². The Morgan fingerprint density at radius 1 is 1.22 bits per heavy atom. The Bertz CT molecular complexity index is 1170. The molecule has 4 rings (SSSR count). The fourth-order valence-electron chi connectivity index (χ4n) is 3.80. The first-order valence-corrected chi connectivity index (χ1v) is 10.2. The molecule has 0 unspecified atom stereocenters. The van der Waals surface area contributed by atoms with Gasteiger partial charge in [0.05, 0.1) is 23.0 Å². The molecule has 2 N–H and O–H groups in total. The van der Waals surface area contributed by atoms with Gasteiger partial charge in [-0.3, -0.25) is 9.59 Å². The number of aromatic nitrogens is 2. The number of amides is 2. The molecule has 0 radical (unpaired) electrons. The monoisotopic (exact) mass is 434 g/mol. The van der Waals surface area contributed by atoms with Crippen molar-refractivity contribution in [1.29, 1.82) is 0 Å². The van der Waals surface area contributed by atoms with Crippen molar-refractivity contribution in [3.63, 3.8) is 0 Å². The summed E-state index contributed by atoms with van der Waals surface area (Å²) in [7, 11) is 0. The van der Waals surface area contributed by atoms with Crippen LogP contribution in [0.2, 0.25) is 0 Å². The average molecular weight is 434 g/mol. The van der Waals surface area contributed by atoms with Crippen molar-refractivity contribution in [3.05, 3.63) is 84.5 Å². The van der Waals surface area contributed by atoms with Gasteiger partial charge in [0.25, 0.3) is 0 Å². The van der Waals surface area contributed by atoms with Gasteiger partial charge in [0.2, 0.25) is 11.8 Å². The van der Waals surface area contributed by atoms with Crippen molar-refractivity contribution < 1.29 is 18.7 Å². The highest BCUT2D eigenvalue weighted by Crippen LogP contribution is 2.36. The van der Waals surface area contributed by atoms with E-state index in [2.05, 4.69) is 22.3 Å². The highest BCUT2D eigenvalue weighted by Gasteiger charge is 2.37. The number of anilines is 2. The number of hydrogen-bond acceptors (Lipinski definition) is 4. The van der Waals surface area contributed by atoms with Crippen LogP contribution < -0.4 is 10.6 Å². The van der Waals surface area contributed by atoms with Gasteiger partial charge < -0.3 is 15.4 Å². The fourth-order valence-corrected chi connectivity index (χ4v) is 3.80. The first kappa shape index (κ1) is 21.5. The van der Waals surface area contributed by atoms with E-state index in [1.54, 1.807) is 10.9 Å². The number of nitrogens with one attached hydrogen (secondary N) is 2. The minimum absolute atomic E-state index is 0.0375. The number of nitrogens with zero attached hydrogens (tertiary/aromatic N) is 2. The van der Waals surface area contributed by atoms with E-state index in [-0.39, 0.29) is 11.6 Å². The lowest BCUT2D eigenvalue weighted by Crippen LogP contribution is -2.26. The van der Waals surface area contributed by atoms with Gasteiger partial charge in [0.1, 0.15) is 11.9 Å². The molecule has 2 heterocycles. The Morgan fingerprint density at radius 2 is 2.03 bits per heavy atom. The Hall–Kier alpha value is -3.78. The predicted molar refractivity (Wildman–Crippen MR) is 119 cm³/mol. The van der Waals surface area contributed by atoms with Crippen LogP contribution in [-0.4, -0.2) is 28.2 Å². The topological polar surface area (TPSA) is 85.2 Å². The van der Waals surface area contributed by atoms with Gasteiger partial charge in [-0.1, -0.05) is 24.8 Å². The van der Waals surface area contributed by atoms with Gasteiger partial charge in [-0.25, -0.2) is 9.07 Å². The second-order valence-electron chi connectivity index (χ2n) is 7.52. The molecule has 32 heavy (non-hydrogen) atoms. The molecule has 1 aromatic heterocycles. The van der Waals surface area contributed by atoms with E-state index >= 15 is 0 Å². The largest absolute Gasteiger partial charge is 0.371 e. The summed E-state index contributed by atoms with van der Waals surface area (Å²) in [6, 6.07) is 13.7. The zero-order valence-corrected chi connectivity index (χ0v) is 17.5. The van der Waals surface area contributed by atoms with Crippen LogP contribution in [0.4, 0.5) is 15.8 Å². The zero-order valence-electron chi connectivity index (χ0n) is 17.5. The van der Waals surface area contributed by atoms with Crippen LogP contribution in [0.25, 0.3) is 5.69 Å². The second-order valence-corrected chi connectivity index (χ2v) is 7.52. The highest BCUT2D eigenvalue weighted by atomic mass is 19.1. The standard InChI is InChI=1S/C24H23FN4O3/c1-3-22(30)28-19-14-16(8-9-18(19)25)27-24(31)17-11-13-32-23(17)21-10-12-26-29(21)20-7-5-4-6-15(20)2/h3-10,12,14,17,23H,1,11,13H2,2H3,(H,27,31)(H,28,30)/t17-,23-/m1/s1. The lowest BCUT2D eigenvalue weighted by molar-refractivity contribution is -0.121. The summed E-state index contributed by atoms with van der Waals surface area (Å²) in [6.45, 7) is 5.79. The molecule has 2 atom stereocenters. The Morgan fingerprint density at radius 3 is 2.81 bits per heavy atom. The Balaban J connectivity index is 1.55. The molecule has 1 fully saturated rings. The van der Waals surface area contributed by atoms with E-state index in [0.29, 0.717) is 18.7 Å². The maximum absolute atomic E-state index is 14.0. The Kier molecular flexibility index (Phi) is 6.13. The maximum atomic E-state index is 14.0. The third-order valence-corrected chi connectivity index (χ3v) is 5.41. The fraction of sp³-hybridized carbons (Fsp3) is 0.208. The van der Waals surface area contributed by atoms with E-state index in [9.17, 15) is 14.0 Å². The normalized spacial score (nSPS) is 17.7. The van der Waals surface area contributed by atoms with Gasteiger partial charge in [-0.15, -0.1) is 0 Å². The van der Waals surface area contributed by atoms with Crippen LogP contribution in [0.15, 0.2) is 67.4 Å². The van der Waals surface area contributed by atoms with Gasteiger partial charge in [0.15, 0.2) is 0 Å². The van der Waals surface area contributed by atoms with Crippen molar-refractivity contribution in [1.82, 2.24) is 9.78 Å². The smallest absolute Gasteiger partial charge is 0.247 e. The number of halogens is 1. The van der Waals surface area contributed by atoms with Gasteiger partial charge in [-0.05, 0) is 55.3 Å². The summed E-state index contributed by atoms with van der Waals surface area (Å²) in [4.78, 5) is 24.6. The van der Waals surface area contributed by atoms with E-state index in [1.807, 2.05) is 37.3 Å². The number of para-hydroxylation sites is 1. The highest BCUT2D eigenvalue weighted by molar-refractivity contribution is 6.00. The van der Waals surface area contributed by atoms with Crippen molar-refractivity contribution in [3.8, 4) is 5.69 Å². The molecule has 164 valence electrons. The number of aryl methyl sites for hydroxylation is 1. The summed E-state index contributed by atoms with van der Waals surface area (Å²) in [6.07, 6.45) is 2.80. The van der Waals surface area contributed by atoms with Crippen LogP contribution in [0, 0.1) is 18.7 Å². The van der Waals surface area contributed by atoms with E-state index in [0.717, 1.165) is 23.0 Å². The molecule has 0 spiro atoms. The van der Waals surface area contributed by atoms with Gasteiger partial charge in [-0.2, -0.15) is 5.10 Å². The Labute approximate surface area is 184 Å².